The number of aliphatic carboxylic acids is 1. The van der Waals surface area contributed by atoms with Gasteiger partial charge in [0.2, 0.25) is 5.95 Å². The molecule has 0 saturated carbocycles. The quantitative estimate of drug-likeness (QED) is 0.440. The van der Waals surface area contributed by atoms with Crippen LogP contribution in [-0.2, 0) is 24.8 Å². The van der Waals surface area contributed by atoms with Crippen LogP contribution in [-0.4, -0.2) is 108 Å². The predicted molar refractivity (Wildman–Crippen MR) is 114 cm³/mol. The first-order chi connectivity index (χ1) is 13.6. The van der Waals surface area contributed by atoms with Crippen LogP contribution in [0.15, 0.2) is 24.3 Å². The van der Waals surface area contributed by atoms with E-state index in [0.29, 0.717) is 24.9 Å². The molecule has 1 aliphatic rings. The topological polar surface area (TPSA) is 92.5 Å². The van der Waals surface area contributed by atoms with Crippen LogP contribution in [0.2, 0.25) is 0 Å². The Morgan fingerprint density at radius 1 is 1.24 bits per heavy atom. The molecule has 0 aliphatic carbocycles. The molecular weight excluding hydrogens is 397 g/mol. The van der Waals surface area contributed by atoms with Crippen LogP contribution in [0.4, 0.5) is 5.95 Å². The Labute approximate surface area is 214 Å². The van der Waals surface area contributed by atoms with Crippen LogP contribution in [0.1, 0.15) is 37.1 Å². The number of piperidine rings is 1. The van der Waals surface area contributed by atoms with Crippen molar-refractivity contribution in [1.29, 1.82) is 0 Å². The fraction of sp³-hybridized carbons (Fsp3) is 0.550. The number of nitrogens with one attached hydrogen (secondary N) is 1. The van der Waals surface area contributed by atoms with Crippen molar-refractivity contribution in [2.45, 2.75) is 38.6 Å². The summed E-state index contributed by atoms with van der Waals surface area (Å²) in [5, 5.41) is 19.9. The molecule has 1 aliphatic heterocycles. The van der Waals surface area contributed by atoms with Crippen molar-refractivity contribution >= 4 is 63.3 Å². The van der Waals surface area contributed by atoms with Gasteiger partial charge in [-0.15, -0.1) is 10.2 Å². The fourth-order valence-electron chi connectivity index (χ4n) is 3.38. The summed E-state index contributed by atoms with van der Waals surface area (Å²) < 4.78 is 7.55. The number of hydrogen-bond acceptors (Lipinski definition) is 6. The number of anilines is 1. The number of carboxylic acid groups (broad SMARTS) is 1. The zero-order valence-corrected chi connectivity index (χ0v) is 16.4. The van der Waals surface area contributed by atoms with E-state index >= 15 is 0 Å². The third kappa shape index (κ3) is 7.99. The fourth-order valence-corrected chi connectivity index (χ4v) is 3.38. The van der Waals surface area contributed by atoms with E-state index in [4.69, 9.17) is 9.84 Å². The van der Waals surface area contributed by atoms with Crippen molar-refractivity contribution in [3.63, 3.8) is 0 Å². The van der Waals surface area contributed by atoms with Gasteiger partial charge in [-0.05, 0) is 50.0 Å². The average Bonchev–Trinajstić information content (AvgIpc) is 3.02. The molecule has 0 radical (unpaired) electrons. The minimum atomic E-state index is -0.919. The van der Waals surface area contributed by atoms with Crippen molar-refractivity contribution in [3.05, 3.63) is 35.7 Å². The van der Waals surface area contributed by atoms with Crippen molar-refractivity contribution in [2.75, 3.05) is 31.6 Å². The zero-order valence-electron chi connectivity index (χ0n) is 16.4. The molecule has 29 heavy (non-hydrogen) atoms. The first-order valence-electron chi connectivity index (χ1n) is 9.90. The molecule has 1 aromatic carbocycles. The van der Waals surface area contributed by atoms with Crippen LogP contribution in [0.25, 0.3) is 0 Å². The summed E-state index contributed by atoms with van der Waals surface area (Å²) in [6, 6.07) is 8.33. The van der Waals surface area contributed by atoms with Gasteiger partial charge in [0.1, 0.15) is 18.0 Å². The maximum atomic E-state index is 10.8. The van der Waals surface area contributed by atoms with Gasteiger partial charge in [0, 0.05) is 20.1 Å². The van der Waals surface area contributed by atoms with Crippen LogP contribution in [0.3, 0.4) is 0 Å². The molecule has 0 spiro atoms. The summed E-state index contributed by atoms with van der Waals surface area (Å²) in [7, 11) is 1.75. The van der Waals surface area contributed by atoms with Gasteiger partial charge in [0.05, 0.1) is 6.61 Å². The Kier molecular flexibility index (Phi) is 10.6. The Bertz CT molecular complexity index is 777. The molecule has 154 valence electrons. The third-order valence-corrected chi connectivity index (χ3v) is 4.90. The van der Waals surface area contributed by atoms with E-state index in [0.717, 1.165) is 18.7 Å². The van der Waals surface area contributed by atoms with E-state index in [2.05, 4.69) is 38.6 Å². The predicted octanol–water partition coefficient (Wildman–Crippen LogP) is 1.66. The number of carbonyl (C=O) groups is 1. The molecule has 2 N–H and O–H groups in total. The van der Waals surface area contributed by atoms with Gasteiger partial charge in [-0.2, -0.15) is 0 Å². The molecule has 1 fully saturated rings. The molecular formula is C20H30KN5O3. The monoisotopic (exact) mass is 427 g/mol. The number of likely N-dealkylation sites (tertiary alicyclic amines) is 1. The van der Waals surface area contributed by atoms with Crippen LogP contribution in [0, 0.1) is 0 Å². The summed E-state index contributed by atoms with van der Waals surface area (Å²) in [5.74, 6) is 0.978. The number of carboxylic acids is 1. The molecule has 1 aromatic heterocycles. The average molecular weight is 428 g/mol. The van der Waals surface area contributed by atoms with Gasteiger partial charge in [0.15, 0.2) is 0 Å². The molecule has 0 amide bonds. The van der Waals surface area contributed by atoms with E-state index < -0.39 is 5.97 Å². The normalized spacial score (nSPS) is 14.2. The molecule has 9 heteroatoms. The molecule has 0 unspecified atom stereocenters. The van der Waals surface area contributed by atoms with E-state index in [1.54, 1.807) is 11.6 Å². The van der Waals surface area contributed by atoms with E-state index in [1.165, 1.54) is 37.9 Å². The van der Waals surface area contributed by atoms with Crippen molar-refractivity contribution < 1.29 is 14.6 Å². The van der Waals surface area contributed by atoms with Crippen LogP contribution >= 0.6 is 0 Å². The SMILES string of the molecule is Cn1c(CC(=O)O)nnc1NCCCOc1cccc(CN2CCCCC2)c1.[KH]. The number of hydrogen-bond donors (Lipinski definition) is 2. The van der Waals surface area contributed by atoms with Crippen molar-refractivity contribution in [2.24, 2.45) is 7.05 Å². The molecule has 2 heterocycles. The third-order valence-electron chi connectivity index (χ3n) is 4.90. The van der Waals surface area contributed by atoms with Gasteiger partial charge >= 0.3 is 57.4 Å². The van der Waals surface area contributed by atoms with Gasteiger partial charge in [-0.3, -0.25) is 9.69 Å². The van der Waals surface area contributed by atoms with E-state index in [-0.39, 0.29) is 57.8 Å². The van der Waals surface area contributed by atoms with Crippen molar-refractivity contribution in [1.82, 2.24) is 19.7 Å². The number of ether oxygens (including phenoxy) is 1. The standard InChI is InChI=1S/C20H29N5O3.K.H/c1-24-18(14-19(26)27)22-23-20(24)21-9-6-12-28-17-8-5-7-16(13-17)15-25-10-3-2-4-11-25;;/h5,7-8,13H,2-4,6,9-12,14-15H2,1H3,(H,21,23)(H,26,27);;. The van der Waals surface area contributed by atoms with Crippen molar-refractivity contribution in [3.8, 4) is 5.75 Å². The second-order valence-corrected chi connectivity index (χ2v) is 7.18. The first-order valence-corrected chi connectivity index (χ1v) is 9.90. The zero-order chi connectivity index (χ0) is 19.8. The summed E-state index contributed by atoms with van der Waals surface area (Å²) in [4.78, 5) is 13.3. The molecule has 1 saturated heterocycles. The molecule has 2 aromatic rings. The summed E-state index contributed by atoms with van der Waals surface area (Å²) in [6.07, 6.45) is 4.61. The van der Waals surface area contributed by atoms with Crippen LogP contribution in [0.5, 0.6) is 5.75 Å². The van der Waals surface area contributed by atoms with E-state index in [9.17, 15) is 4.79 Å². The number of nitrogens with zero attached hydrogens (tertiary/aromatic N) is 4. The Morgan fingerprint density at radius 2 is 2.03 bits per heavy atom. The number of aromatic nitrogens is 3. The second kappa shape index (κ2) is 12.7. The van der Waals surface area contributed by atoms with Gasteiger partial charge in [0.25, 0.3) is 0 Å². The Balaban J connectivity index is 0.00000300. The second-order valence-electron chi connectivity index (χ2n) is 7.18. The van der Waals surface area contributed by atoms with Gasteiger partial charge < -0.3 is 19.7 Å². The number of rotatable bonds is 10. The molecule has 0 bridgehead atoms. The summed E-state index contributed by atoms with van der Waals surface area (Å²) >= 11 is 0. The van der Waals surface area contributed by atoms with Crippen LogP contribution < -0.4 is 10.1 Å². The minimum absolute atomic E-state index is 0. The molecule has 0 atom stereocenters. The number of benzene rings is 1. The summed E-state index contributed by atoms with van der Waals surface area (Å²) in [6.45, 7) is 4.63. The molecule has 3 rings (SSSR count). The molecule has 8 nitrogen and oxygen atoms in total. The summed E-state index contributed by atoms with van der Waals surface area (Å²) in [5.41, 5.74) is 1.29. The van der Waals surface area contributed by atoms with Gasteiger partial charge in [-0.1, -0.05) is 18.6 Å². The Morgan fingerprint density at radius 3 is 2.79 bits per heavy atom. The Hall–Kier alpha value is -0.974. The van der Waals surface area contributed by atoms with E-state index in [1.807, 2.05) is 6.07 Å². The first kappa shape index (κ1) is 24.3. The maximum absolute atomic E-state index is 10.8. The van der Waals surface area contributed by atoms with Gasteiger partial charge in [-0.25, -0.2) is 0 Å².